The number of methoxy groups -OCH3 is 1. The Morgan fingerprint density at radius 3 is 2.85 bits per heavy atom. The van der Waals surface area contributed by atoms with Gasteiger partial charge in [0.2, 0.25) is 4.96 Å². The zero-order valence-electron chi connectivity index (χ0n) is 15.3. The van der Waals surface area contributed by atoms with Gasteiger partial charge in [-0.2, -0.15) is 5.10 Å². The minimum absolute atomic E-state index is 0.651. The summed E-state index contributed by atoms with van der Waals surface area (Å²) in [6, 6.07) is 3.89. The molecule has 0 aliphatic heterocycles. The van der Waals surface area contributed by atoms with E-state index in [1.165, 1.54) is 17.8 Å². The Kier molecular flexibility index (Phi) is 4.24. The first-order valence-electron chi connectivity index (χ1n) is 9.23. The second kappa shape index (κ2) is 6.76. The van der Waals surface area contributed by atoms with Gasteiger partial charge in [-0.3, -0.25) is 0 Å². The molecule has 4 aromatic rings. The number of nitrogens with zero attached hydrogens (tertiary/aromatic N) is 4. The SMILES string of the molecule is CCCCOc1cc(OC)cc2nc(-c3cn4nc(C5CC5)sc4n3)sc12. The number of fused-ring (bicyclic) bond motifs is 2. The lowest BCUT2D eigenvalue weighted by Gasteiger charge is -2.08. The summed E-state index contributed by atoms with van der Waals surface area (Å²) in [5.41, 5.74) is 1.74. The number of hydrogen-bond acceptors (Lipinski definition) is 7. The highest BCUT2D eigenvalue weighted by Gasteiger charge is 2.28. The summed E-state index contributed by atoms with van der Waals surface area (Å²) < 4.78 is 14.3. The van der Waals surface area contributed by atoms with Crippen LogP contribution in [0.15, 0.2) is 18.3 Å². The summed E-state index contributed by atoms with van der Waals surface area (Å²) in [5.74, 6) is 2.24. The van der Waals surface area contributed by atoms with Crippen LogP contribution in [-0.4, -0.2) is 33.3 Å². The van der Waals surface area contributed by atoms with E-state index in [1.54, 1.807) is 29.8 Å². The van der Waals surface area contributed by atoms with E-state index in [9.17, 15) is 0 Å². The second-order valence-electron chi connectivity index (χ2n) is 6.76. The van der Waals surface area contributed by atoms with Crippen molar-refractivity contribution in [1.82, 2.24) is 19.6 Å². The van der Waals surface area contributed by atoms with Gasteiger partial charge in [-0.1, -0.05) is 24.7 Å². The van der Waals surface area contributed by atoms with Crippen LogP contribution in [0.5, 0.6) is 11.5 Å². The van der Waals surface area contributed by atoms with Crippen LogP contribution in [0.4, 0.5) is 0 Å². The average molecular weight is 401 g/mol. The molecule has 1 aliphatic rings. The first-order chi connectivity index (χ1) is 13.2. The molecule has 0 saturated heterocycles. The summed E-state index contributed by atoms with van der Waals surface area (Å²) in [4.78, 5) is 10.5. The van der Waals surface area contributed by atoms with Crippen LogP contribution >= 0.6 is 22.7 Å². The summed E-state index contributed by atoms with van der Waals surface area (Å²) in [7, 11) is 1.66. The van der Waals surface area contributed by atoms with Crippen LogP contribution in [0.2, 0.25) is 0 Å². The fourth-order valence-corrected chi connectivity index (χ4v) is 4.97. The van der Waals surface area contributed by atoms with Gasteiger partial charge < -0.3 is 9.47 Å². The smallest absolute Gasteiger partial charge is 0.212 e. The summed E-state index contributed by atoms with van der Waals surface area (Å²) in [6.07, 6.45) is 6.61. The Balaban J connectivity index is 1.52. The lowest BCUT2D eigenvalue weighted by atomic mass is 10.3. The molecule has 0 N–H and O–H groups in total. The van der Waals surface area contributed by atoms with Crippen molar-refractivity contribution < 1.29 is 9.47 Å². The van der Waals surface area contributed by atoms with Gasteiger partial charge in [0, 0.05) is 18.1 Å². The van der Waals surface area contributed by atoms with Crippen LogP contribution in [0.1, 0.15) is 43.5 Å². The van der Waals surface area contributed by atoms with E-state index in [-0.39, 0.29) is 0 Å². The molecule has 0 spiro atoms. The fourth-order valence-electron chi connectivity index (χ4n) is 2.95. The van der Waals surface area contributed by atoms with Gasteiger partial charge in [0.15, 0.2) is 0 Å². The highest BCUT2D eigenvalue weighted by molar-refractivity contribution is 7.22. The van der Waals surface area contributed by atoms with Crippen molar-refractivity contribution in [2.24, 2.45) is 0 Å². The van der Waals surface area contributed by atoms with Gasteiger partial charge >= 0.3 is 0 Å². The lowest BCUT2D eigenvalue weighted by Crippen LogP contribution is -1.97. The Labute approximate surface area is 164 Å². The van der Waals surface area contributed by atoms with Crippen LogP contribution in [-0.2, 0) is 0 Å². The monoisotopic (exact) mass is 400 g/mol. The number of hydrogen-bond donors (Lipinski definition) is 0. The molecule has 3 aromatic heterocycles. The molecule has 1 saturated carbocycles. The molecule has 1 aromatic carbocycles. The first-order valence-corrected chi connectivity index (χ1v) is 10.9. The number of thiazole rings is 1. The maximum atomic E-state index is 6.00. The molecule has 0 atom stereocenters. The number of imidazole rings is 1. The van der Waals surface area contributed by atoms with Crippen LogP contribution in [0.3, 0.4) is 0 Å². The Hall–Kier alpha value is -2.19. The molecule has 6 nitrogen and oxygen atoms in total. The third-order valence-electron chi connectivity index (χ3n) is 4.63. The quantitative estimate of drug-likeness (QED) is 0.402. The van der Waals surface area contributed by atoms with Gasteiger partial charge in [-0.05, 0) is 19.3 Å². The molecule has 3 heterocycles. The highest BCUT2D eigenvalue weighted by atomic mass is 32.1. The molecule has 1 aliphatic carbocycles. The number of aromatic nitrogens is 4. The van der Waals surface area contributed by atoms with Crippen LogP contribution in [0.25, 0.3) is 25.9 Å². The van der Waals surface area contributed by atoms with Crippen molar-refractivity contribution in [2.45, 2.75) is 38.5 Å². The van der Waals surface area contributed by atoms with Gasteiger partial charge in [0.25, 0.3) is 0 Å². The standard InChI is InChI=1S/C19H20N4O2S2/c1-3-4-7-25-15-9-12(24-2)8-13-16(15)26-18(20-13)14-10-23-19(21-14)27-17(22-23)11-5-6-11/h8-11H,3-7H2,1-2H3. The van der Waals surface area contributed by atoms with E-state index < -0.39 is 0 Å². The molecular weight excluding hydrogens is 380 g/mol. The molecule has 1 fully saturated rings. The molecule has 0 amide bonds. The number of benzene rings is 1. The molecule has 27 heavy (non-hydrogen) atoms. The molecule has 5 rings (SSSR count). The van der Waals surface area contributed by atoms with Crippen molar-refractivity contribution >= 4 is 37.9 Å². The third-order valence-corrected chi connectivity index (χ3v) is 6.82. The van der Waals surface area contributed by atoms with Gasteiger partial charge in [-0.15, -0.1) is 11.3 Å². The molecule has 0 unspecified atom stereocenters. The van der Waals surface area contributed by atoms with Crippen molar-refractivity contribution in [1.29, 1.82) is 0 Å². The summed E-state index contributed by atoms with van der Waals surface area (Å²) in [6.45, 7) is 2.85. The van der Waals surface area contributed by atoms with Crippen molar-refractivity contribution in [3.8, 4) is 22.2 Å². The predicted octanol–water partition coefficient (Wildman–Crippen LogP) is 5.13. The topological polar surface area (TPSA) is 61.5 Å². The molecule has 0 radical (unpaired) electrons. The Morgan fingerprint density at radius 1 is 1.22 bits per heavy atom. The predicted molar refractivity (Wildman–Crippen MR) is 108 cm³/mol. The van der Waals surface area contributed by atoms with Crippen molar-refractivity contribution in [2.75, 3.05) is 13.7 Å². The second-order valence-corrected chi connectivity index (χ2v) is 8.75. The zero-order chi connectivity index (χ0) is 18.4. The minimum atomic E-state index is 0.651. The summed E-state index contributed by atoms with van der Waals surface area (Å²) in [5, 5.41) is 6.75. The molecular formula is C19H20N4O2S2. The third kappa shape index (κ3) is 3.17. The largest absolute Gasteiger partial charge is 0.497 e. The molecule has 0 bridgehead atoms. The van der Waals surface area contributed by atoms with E-state index in [0.717, 1.165) is 50.2 Å². The normalized spacial score (nSPS) is 14.3. The lowest BCUT2D eigenvalue weighted by molar-refractivity contribution is 0.311. The average Bonchev–Trinajstić information content (AvgIpc) is 3.12. The molecule has 8 heteroatoms. The summed E-state index contributed by atoms with van der Waals surface area (Å²) >= 11 is 3.29. The van der Waals surface area contributed by atoms with Crippen LogP contribution < -0.4 is 9.47 Å². The van der Waals surface area contributed by atoms with Crippen molar-refractivity contribution in [3.63, 3.8) is 0 Å². The molecule has 140 valence electrons. The highest BCUT2D eigenvalue weighted by Crippen LogP contribution is 2.43. The van der Waals surface area contributed by atoms with E-state index in [4.69, 9.17) is 19.4 Å². The van der Waals surface area contributed by atoms with E-state index in [0.29, 0.717) is 12.5 Å². The maximum absolute atomic E-state index is 6.00. The number of ether oxygens (including phenoxy) is 2. The maximum Gasteiger partial charge on any atom is 0.212 e. The number of rotatable bonds is 7. The number of unbranched alkanes of at least 4 members (excludes halogenated alkanes) is 1. The zero-order valence-corrected chi connectivity index (χ0v) is 16.9. The van der Waals surface area contributed by atoms with Gasteiger partial charge in [-0.25, -0.2) is 14.5 Å². The fraction of sp³-hybridized carbons (Fsp3) is 0.421. The van der Waals surface area contributed by atoms with E-state index in [1.807, 2.05) is 22.8 Å². The van der Waals surface area contributed by atoms with Gasteiger partial charge in [0.1, 0.15) is 27.2 Å². The van der Waals surface area contributed by atoms with E-state index >= 15 is 0 Å². The van der Waals surface area contributed by atoms with Gasteiger partial charge in [0.05, 0.1) is 30.1 Å². The Morgan fingerprint density at radius 2 is 2.11 bits per heavy atom. The Bertz CT molecular complexity index is 1080. The van der Waals surface area contributed by atoms with E-state index in [2.05, 4.69) is 12.0 Å². The van der Waals surface area contributed by atoms with Crippen LogP contribution in [0, 0.1) is 0 Å². The van der Waals surface area contributed by atoms with Crippen molar-refractivity contribution in [3.05, 3.63) is 23.3 Å². The first kappa shape index (κ1) is 16.9. The minimum Gasteiger partial charge on any atom is -0.497 e.